The number of rotatable bonds is 5. The molecule has 1 rings (SSSR count). The van der Waals surface area contributed by atoms with Crippen molar-refractivity contribution in [1.29, 1.82) is 0 Å². The molecular weight excluding hydrogens is 295 g/mol. The number of hydrogen-bond donors (Lipinski definition) is 1. The minimum atomic E-state index is -0.167. The van der Waals surface area contributed by atoms with Crippen LogP contribution in [0.1, 0.15) is 12.8 Å². The molecule has 0 saturated heterocycles. The van der Waals surface area contributed by atoms with Crippen LogP contribution in [-0.2, 0) is 0 Å². The van der Waals surface area contributed by atoms with Gasteiger partial charge in [-0.1, -0.05) is 6.08 Å². The predicted octanol–water partition coefficient (Wildman–Crippen LogP) is 1.72. The van der Waals surface area contributed by atoms with Gasteiger partial charge in [0.1, 0.15) is 3.57 Å². The number of allylic oxidation sites excluding steroid dienone is 1. The summed E-state index contributed by atoms with van der Waals surface area (Å²) in [6.45, 7) is 4.16. The highest BCUT2D eigenvalue weighted by Crippen LogP contribution is 2.11. The molecular formula is C9H11IN2O2. The molecule has 0 unspecified atom stereocenters. The fourth-order valence-electron chi connectivity index (χ4n) is 0.864. The van der Waals surface area contributed by atoms with E-state index in [0.717, 1.165) is 12.8 Å². The molecule has 0 spiro atoms. The summed E-state index contributed by atoms with van der Waals surface area (Å²) in [6, 6.07) is 0. The monoisotopic (exact) mass is 306 g/mol. The van der Waals surface area contributed by atoms with Gasteiger partial charge in [-0.05, 0) is 35.4 Å². The third-order valence-corrected chi connectivity index (χ3v) is 2.51. The highest BCUT2D eigenvalue weighted by atomic mass is 127. The average molecular weight is 306 g/mol. The van der Waals surface area contributed by atoms with Crippen molar-refractivity contribution in [3.63, 3.8) is 0 Å². The van der Waals surface area contributed by atoms with E-state index in [2.05, 4.69) is 16.5 Å². The third-order valence-electron chi connectivity index (χ3n) is 1.56. The largest absolute Gasteiger partial charge is 0.477 e. The first-order valence-electron chi connectivity index (χ1n) is 4.22. The Bertz CT molecular complexity index is 362. The van der Waals surface area contributed by atoms with Gasteiger partial charge >= 0.3 is 0 Å². The minimum absolute atomic E-state index is 0.167. The molecule has 1 N–H and O–H groups in total. The van der Waals surface area contributed by atoms with Crippen LogP contribution in [0.3, 0.4) is 0 Å². The molecule has 0 atom stereocenters. The van der Waals surface area contributed by atoms with Gasteiger partial charge in [-0.15, -0.1) is 6.58 Å². The quantitative estimate of drug-likeness (QED) is 0.512. The molecule has 76 valence electrons. The second-order valence-corrected chi connectivity index (χ2v) is 3.71. The smallest absolute Gasteiger partial charge is 0.268 e. The summed E-state index contributed by atoms with van der Waals surface area (Å²) in [7, 11) is 0. The lowest BCUT2D eigenvalue weighted by molar-refractivity contribution is 0.297. The number of hydrogen-bond acceptors (Lipinski definition) is 3. The maximum atomic E-state index is 11.1. The Morgan fingerprint density at radius 2 is 2.50 bits per heavy atom. The van der Waals surface area contributed by atoms with Gasteiger partial charge in [0.15, 0.2) is 0 Å². The van der Waals surface area contributed by atoms with Gasteiger partial charge in [0.05, 0.1) is 12.9 Å². The fraction of sp³-hybridized carbons (Fsp3) is 0.333. The van der Waals surface area contributed by atoms with E-state index < -0.39 is 0 Å². The van der Waals surface area contributed by atoms with E-state index >= 15 is 0 Å². The van der Waals surface area contributed by atoms with Crippen LogP contribution in [0, 0.1) is 3.57 Å². The molecule has 0 radical (unpaired) electrons. The highest BCUT2D eigenvalue weighted by Gasteiger charge is 2.05. The first-order chi connectivity index (χ1) is 6.75. The zero-order chi connectivity index (χ0) is 10.4. The Hall–Kier alpha value is -0.850. The number of aromatic nitrogens is 2. The SMILES string of the molecule is C=CCCCOc1nc[nH]c(=O)c1I. The van der Waals surface area contributed by atoms with E-state index in [0.29, 0.717) is 16.1 Å². The lowest BCUT2D eigenvalue weighted by Gasteiger charge is -2.04. The zero-order valence-corrected chi connectivity index (χ0v) is 9.78. The van der Waals surface area contributed by atoms with Crippen LogP contribution in [0.4, 0.5) is 0 Å². The summed E-state index contributed by atoms with van der Waals surface area (Å²) in [5.41, 5.74) is -0.167. The van der Waals surface area contributed by atoms with Crippen LogP contribution in [0.15, 0.2) is 23.8 Å². The zero-order valence-electron chi connectivity index (χ0n) is 7.62. The third kappa shape index (κ3) is 3.13. The number of nitrogens with one attached hydrogen (secondary N) is 1. The topological polar surface area (TPSA) is 55.0 Å². The van der Waals surface area contributed by atoms with E-state index in [1.807, 2.05) is 28.7 Å². The molecule has 1 heterocycles. The molecule has 4 nitrogen and oxygen atoms in total. The number of halogens is 1. The van der Waals surface area contributed by atoms with Gasteiger partial charge in [-0.3, -0.25) is 4.79 Å². The van der Waals surface area contributed by atoms with Crippen molar-refractivity contribution in [1.82, 2.24) is 9.97 Å². The lowest BCUT2D eigenvalue weighted by Crippen LogP contribution is -2.13. The molecule has 0 bridgehead atoms. The number of ether oxygens (including phenoxy) is 1. The number of unbranched alkanes of at least 4 members (excludes halogenated alkanes) is 1. The van der Waals surface area contributed by atoms with Crippen molar-refractivity contribution in [2.24, 2.45) is 0 Å². The molecule has 14 heavy (non-hydrogen) atoms. The molecule has 0 aromatic carbocycles. The summed E-state index contributed by atoms with van der Waals surface area (Å²) in [4.78, 5) is 17.5. The van der Waals surface area contributed by atoms with Crippen LogP contribution < -0.4 is 10.3 Å². The molecule has 1 aromatic rings. The van der Waals surface area contributed by atoms with Crippen LogP contribution >= 0.6 is 22.6 Å². The summed E-state index contributed by atoms with van der Waals surface area (Å²) < 4.78 is 5.82. The first kappa shape index (κ1) is 11.2. The Balaban J connectivity index is 2.54. The molecule has 1 aromatic heterocycles. The van der Waals surface area contributed by atoms with Crippen LogP contribution in [0.5, 0.6) is 5.88 Å². The minimum Gasteiger partial charge on any atom is -0.477 e. The van der Waals surface area contributed by atoms with E-state index in [1.54, 1.807) is 0 Å². The Labute approximate surface area is 95.5 Å². The van der Waals surface area contributed by atoms with Crippen LogP contribution in [0.2, 0.25) is 0 Å². The second-order valence-electron chi connectivity index (χ2n) is 2.63. The maximum absolute atomic E-state index is 11.1. The van der Waals surface area contributed by atoms with Gasteiger partial charge < -0.3 is 9.72 Å². The van der Waals surface area contributed by atoms with E-state index in [-0.39, 0.29) is 5.56 Å². The van der Waals surface area contributed by atoms with Crippen LogP contribution in [0.25, 0.3) is 0 Å². The maximum Gasteiger partial charge on any atom is 0.268 e. The van der Waals surface area contributed by atoms with Gasteiger partial charge in [-0.25, -0.2) is 4.98 Å². The van der Waals surface area contributed by atoms with E-state index in [1.165, 1.54) is 6.33 Å². The predicted molar refractivity (Wildman–Crippen MR) is 62.5 cm³/mol. The van der Waals surface area contributed by atoms with Gasteiger partial charge in [-0.2, -0.15) is 0 Å². The summed E-state index contributed by atoms with van der Waals surface area (Å²) in [5.74, 6) is 0.401. The second kappa shape index (κ2) is 5.79. The molecule has 0 amide bonds. The van der Waals surface area contributed by atoms with Gasteiger partial charge in [0, 0.05) is 0 Å². The van der Waals surface area contributed by atoms with Crippen molar-refractivity contribution >= 4 is 22.6 Å². The average Bonchev–Trinajstić information content (AvgIpc) is 2.19. The van der Waals surface area contributed by atoms with Crippen LogP contribution in [-0.4, -0.2) is 16.6 Å². The molecule has 0 aliphatic carbocycles. The highest BCUT2D eigenvalue weighted by molar-refractivity contribution is 14.1. The normalized spacial score (nSPS) is 9.79. The fourth-order valence-corrected chi connectivity index (χ4v) is 1.31. The van der Waals surface area contributed by atoms with Gasteiger partial charge in [0.25, 0.3) is 5.56 Å². The number of H-pyrrole nitrogens is 1. The number of aromatic amines is 1. The Kier molecular flexibility index (Phi) is 4.64. The molecule has 5 heteroatoms. The summed E-state index contributed by atoms with van der Waals surface area (Å²) >= 11 is 1.91. The molecule has 0 fully saturated rings. The summed E-state index contributed by atoms with van der Waals surface area (Å²) in [5, 5.41) is 0. The summed E-state index contributed by atoms with van der Waals surface area (Å²) in [6.07, 6.45) is 4.96. The number of nitrogens with zero attached hydrogens (tertiary/aromatic N) is 1. The Morgan fingerprint density at radius 1 is 1.71 bits per heavy atom. The van der Waals surface area contributed by atoms with Crippen molar-refractivity contribution in [2.45, 2.75) is 12.8 Å². The van der Waals surface area contributed by atoms with Crippen molar-refractivity contribution in [2.75, 3.05) is 6.61 Å². The molecule has 0 aliphatic rings. The standard InChI is InChI=1S/C9H11IN2O2/c1-2-3-4-5-14-9-7(10)8(13)11-6-12-9/h2,6H,1,3-5H2,(H,11,12,13). The lowest BCUT2D eigenvalue weighted by atomic mass is 10.3. The van der Waals surface area contributed by atoms with Gasteiger partial charge in [0.2, 0.25) is 5.88 Å². The molecule has 0 aliphatic heterocycles. The Morgan fingerprint density at radius 3 is 3.21 bits per heavy atom. The molecule has 0 saturated carbocycles. The first-order valence-corrected chi connectivity index (χ1v) is 5.30. The van der Waals surface area contributed by atoms with Crippen molar-refractivity contribution in [3.8, 4) is 5.88 Å². The van der Waals surface area contributed by atoms with E-state index in [9.17, 15) is 4.79 Å². The van der Waals surface area contributed by atoms with E-state index in [4.69, 9.17) is 4.74 Å². The van der Waals surface area contributed by atoms with Crippen molar-refractivity contribution < 1.29 is 4.74 Å². The van der Waals surface area contributed by atoms with Crippen molar-refractivity contribution in [3.05, 3.63) is 32.9 Å².